The molecular weight excluding hydrogens is 633 g/mol. The van der Waals surface area contributed by atoms with Gasteiger partial charge < -0.3 is 14.4 Å². The minimum atomic E-state index is 0.00912. The highest BCUT2D eigenvalue weighted by molar-refractivity contribution is 6.98. The predicted octanol–water partition coefficient (Wildman–Crippen LogP) is 11.2. The molecule has 4 heteroatoms. The molecule has 10 rings (SSSR count). The maximum absolute atomic E-state index is 6.83. The number of benzene rings is 8. The quantitative estimate of drug-likeness (QED) is 0.138. The Morgan fingerprint density at radius 3 is 1.56 bits per heavy atom. The van der Waals surface area contributed by atoms with E-state index in [0.717, 1.165) is 62.0 Å². The molecule has 8 aromatic rings. The van der Waals surface area contributed by atoms with Crippen LogP contribution in [0.5, 0.6) is 23.0 Å². The molecule has 0 N–H and O–H groups in total. The van der Waals surface area contributed by atoms with E-state index < -0.39 is 0 Å². The number of rotatable bonds is 4. The first kappa shape index (κ1) is 30.6. The molecule has 0 aliphatic carbocycles. The van der Waals surface area contributed by atoms with Crippen molar-refractivity contribution in [1.82, 2.24) is 0 Å². The van der Waals surface area contributed by atoms with Crippen LogP contribution in [-0.2, 0) is 5.41 Å². The summed E-state index contributed by atoms with van der Waals surface area (Å²) in [4.78, 5) is 2.42. The van der Waals surface area contributed by atoms with E-state index in [2.05, 4.69) is 189 Å². The molecule has 0 spiro atoms. The molecule has 3 nitrogen and oxygen atoms in total. The van der Waals surface area contributed by atoms with Crippen LogP contribution < -0.4 is 30.8 Å². The summed E-state index contributed by atoms with van der Waals surface area (Å²) in [6.45, 7) is 6.80. The second-order valence-electron chi connectivity index (χ2n) is 14.9. The van der Waals surface area contributed by atoms with Crippen LogP contribution in [0.4, 0.5) is 17.1 Å². The molecule has 2 aliphatic heterocycles. The zero-order chi connectivity index (χ0) is 35.0. The van der Waals surface area contributed by atoms with Gasteiger partial charge in [-0.05, 0) is 67.9 Å². The minimum Gasteiger partial charge on any atom is -0.458 e. The summed E-state index contributed by atoms with van der Waals surface area (Å²) < 4.78 is 13.7. The second-order valence-corrected chi connectivity index (χ2v) is 14.9. The van der Waals surface area contributed by atoms with E-state index in [1.165, 1.54) is 32.7 Å². The van der Waals surface area contributed by atoms with Gasteiger partial charge in [-0.25, -0.2) is 0 Å². The van der Waals surface area contributed by atoms with Crippen LogP contribution in [0.15, 0.2) is 164 Å². The molecule has 0 amide bonds. The first-order valence-corrected chi connectivity index (χ1v) is 18.0. The van der Waals surface area contributed by atoms with Gasteiger partial charge in [0.1, 0.15) is 23.0 Å². The molecule has 0 radical (unpaired) electrons. The maximum atomic E-state index is 6.83. The smallest absolute Gasteiger partial charge is 0.260 e. The number of fused-ring (bicyclic) bond motifs is 7. The zero-order valence-electron chi connectivity index (χ0n) is 29.4. The lowest BCUT2D eigenvalue weighted by Crippen LogP contribution is -2.57. The van der Waals surface area contributed by atoms with Crippen molar-refractivity contribution in [1.29, 1.82) is 0 Å². The maximum Gasteiger partial charge on any atom is 0.260 e. The van der Waals surface area contributed by atoms with Crippen molar-refractivity contribution < 1.29 is 9.47 Å². The monoisotopic (exact) mass is 669 g/mol. The molecule has 8 aromatic carbocycles. The Labute approximate surface area is 304 Å². The van der Waals surface area contributed by atoms with E-state index in [-0.39, 0.29) is 12.1 Å². The van der Waals surface area contributed by atoms with Gasteiger partial charge in [-0.2, -0.15) is 0 Å². The van der Waals surface area contributed by atoms with Crippen molar-refractivity contribution in [2.24, 2.45) is 0 Å². The van der Waals surface area contributed by atoms with Gasteiger partial charge in [0.25, 0.3) is 6.71 Å². The van der Waals surface area contributed by atoms with Gasteiger partial charge in [0.15, 0.2) is 0 Å². The average Bonchev–Trinajstić information content (AvgIpc) is 3.18. The standard InChI is InChI=1S/C48H36BNO2/c1-48(2,3)32-25-27-33(28-26-32)50(47-38-20-10-8-18-36(38)35-17-7-9-19-37(35)45(47)31-15-5-4-6-16-31)34-29-43-46-44(30-34)52-42-24-14-12-22-40(42)49(46)39-21-11-13-23-41(39)51-43/h4-30H,1-3H3. The normalized spacial score (nSPS) is 12.8. The molecule has 0 saturated carbocycles. The molecule has 248 valence electrons. The van der Waals surface area contributed by atoms with Crippen molar-refractivity contribution in [3.8, 4) is 34.1 Å². The molecular formula is C48H36BNO2. The van der Waals surface area contributed by atoms with Crippen molar-refractivity contribution in [2.75, 3.05) is 4.90 Å². The van der Waals surface area contributed by atoms with Crippen molar-refractivity contribution >= 4 is 61.7 Å². The van der Waals surface area contributed by atoms with Crippen molar-refractivity contribution in [3.05, 3.63) is 169 Å². The Bertz CT molecular complexity index is 2610. The van der Waals surface area contributed by atoms with E-state index in [1.54, 1.807) is 0 Å². The van der Waals surface area contributed by atoms with E-state index in [1.807, 2.05) is 0 Å². The Kier molecular flexibility index (Phi) is 6.84. The number of ether oxygens (including phenoxy) is 2. The SMILES string of the molecule is CC(C)(C)c1ccc(N(c2cc3c4c(c2)Oc2ccccc2B4c2ccccc2O3)c2c(-c3ccccc3)c3ccccc3c3ccccc23)cc1. The molecule has 0 unspecified atom stereocenters. The summed E-state index contributed by atoms with van der Waals surface area (Å²) >= 11 is 0. The number of nitrogens with zero attached hydrogens (tertiary/aromatic N) is 1. The second kappa shape index (κ2) is 11.6. The van der Waals surface area contributed by atoms with Gasteiger partial charge in [0.2, 0.25) is 0 Å². The lowest BCUT2D eigenvalue weighted by Gasteiger charge is -2.36. The third kappa shape index (κ3) is 4.75. The number of para-hydroxylation sites is 2. The summed E-state index contributed by atoms with van der Waals surface area (Å²) in [6, 6.07) is 58.7. The highest BCUT2D eigenvalue weighted by atomic mass is 16.5. The van der Waals surface area contributed by atoms with Crippen LogP contribution in [0.1, 0.15) is 26.3 Å². The van der Waals surface area contributed by atoms with Gasteiger partial charge in [0, 0.05) is 34.2 Å². The summed E-state index contributed by atoms with van der Waals surface area (Å²) in [5, 5.41) is 4.81. The summed E-state index contributed by atoms with van der Waals surface area (Å²) in [6.07, 6.45) is 0. The molecule has 2 aliphatic rings. The van der Waals surface area contributed by atoms with Crippen molar-refractivity contribution in [3.63, 3.8) is 0 Å². The van der Waals surface area contributed by atoms with Gasteiger partial charge in [-0.15, -0.1) is 0 Å². The van der Waals surface area contributed by atoms with Gasteiger partial charge >= 0.3 is 0 Å². The van der Waals surface area contributed by atoms with E-state index in [4.69, 9.17) is 9.47 Å². The fraction of sp³-hybridized carbons (Fsp3) is 0.0833. The molecule has 0 aromatic heterocycles. The summed E-state index contributed by atoms with van der Waals surface area (Å²) in [5.41, 5.74) is 10.1. The van der Waals surface area contributed by atoms with Crippen LogP contribution in [0.25, 0.3) is 32.7 Å². The molecule has 0 saturated heterocycles. The Balaban J connectivity index is 1.31. The van der Waals surface area contributed by atoms with Crippen LogP contribution in [0.3, 0.4) is 0 Å². The fourth-order valence-corrected chi connectivity index (χ4v) is 8.28. The molecule has 2 heterocycles. The largest absolute Gasteiger partial charge is 0.458 e. The van der Waals surface area contributed by atoms with Crippen LogP contribution in [0, 0.1) is 0 Å². The number of anilines is 3. The molecule has 52 heavy (non-hydrogen) atoms. The van der Waals surface area contributed by atoms with Crippen molar-refractivity contribution in [2.45, 2.75) is 26.2 Å². The first-order valence-electron chi connectivity index (χ1n) is 18.0. The Morgan fingerprint density at radius 2 is 0.962 bits per heavy atom. The Hall–Kier alpha value is -6.26. The van der Waals surface area contributed by atoms with Gasteiger partial charge in [-0.1, -0.05) is 148 Å². The summed E-state index contributed by atoms with van der Waals surface area (Å²) in [7, 11) is 0. The minimum absolute atomic E-state index is 0.00912. The highest BCUT2D eigenvalue weighted by Gasteiger charge is 2.40. The molecule has 0 fully saturated rings. The number of hydrogen-bond donors (Lipinski definition) is 0. The third-order valence-electron chi connectivity index (χ3n) is 10.7. The lowest BCUT2D eigenvalue weighted by atomic mass is 9.35. The highest BCUT2D eigenvalue weighted by Crippen LogP contribution is 2.51. The Morgan fingerprint density at radius 1 is 0.462 bits per heavy atom. The van der Waals surface area contributed by atoms with Gasteiger partial charge in [-0.3, -0.25) is 0 Å². The van der Waals surface area contributed by atoms with E-state index in [9.17, 15) is 0 Å². The predicted molar refractivity (Wildman–Crippen MR) is 218 cm³/mol. The van der Waals surface area contributed by atoms with Crippen LogP contribution >= 0.6 is 0 Å². The topological polar surface area (TPSA) is 21.7 Å². The lowest BCUT2D eigenvalue weighted by molar-refractivity contribution is 0.465. The third-order valence-corrected chi connectivity index (χ3v) is 10.7. The first-order chi connectivity index (χ1) is 25.4. The number of hydrogen-bond acceptors (Lipinski definition) is 3. The van der Waals surface area contributed by atoms with Crippen LogP contribution in [-0.4, -0.2) is 6.71 Å². The van der Waals surface area contributed by atoms with Crippen LogP contribution in [0.2, 0.25) is 0 Å². The molecule has 0 atom stereocenters. The zero-order valence-corrected chi connectivity index (χ0v) is 29.4. The van der Waals surface area contributed by atoms with Gasteiger partial charge in [0.05, 0.1) is 11.4 Å². The van der Waals surface area contributed by atoms with E-state index in [0.29, 0.717) is 0 Å². The average molecular weight is 670 g/mol. The summed E-state index contributed by atoms with van der Waals surface area (Å²) in [5.74, 6) is 3.38. The molecule has 0 bridgehead atoms. The van der Waals surface area contributed by atoms with E-state index >= 15 is 0 Å². The fourth-order valence-electron chi connectivity index (χ4n) is 8.28.